The Balaban J connectivity index is 2.08. The van der Waals surface area contributed by atoms with E-state index in [-0.39, 0.29) is 5.91 Å². The van der Waals surface area contributed by atoms with Gasteiger partial charge in [0.25, 0.3) is 0 Å². The van der Waals surface area contributed by atoms with Crippen LogP contribution in [0.25, 0.3) is 0 Å². The average Bonchev–Trinajstić information content (AvgIpc) is 2.77. The standard InChI is InChI=1S/C16H21N3O/c1-3-4-10-16(20)17-15-11-13(2)18-19(15)12-14-8-6-5-7-9-14/h5-9,11H,3-4,10,12H2,1-2H3,(H,17,20). The molecule has 0 aliphatic carbocycles. The zero-order valence-electron chi connectivity index (χ0n) is 12.1. The number of carbonyl (C=O) groups excluding carboxylic acids is 1. The highest BCUT2D eigenvalue weighted by Crippen LogP contribution is 2.13. The first kappa shape index (κ1) is 14.3. The van der Waals surface area contributed by atoms with Crippen LogP contribution in [0.4, 0.5) is 5.82 Å². The SMILES string of the molecule is CCCCC(=O)Nc1cc(C)nn1Cc1ccccc1. The third-order valence-electron chi connectivity index (χ3n) is 3.10. The van der Waals surface area contributed by atoms with Gasteiger partial charge in [-0.05, 0) is 18.9 Å². The van der Waals surface area contributed by atoms with Gasteiger partial charge in [0.1, 0.15) is 5.82 Å². The molecule has 1 aromatic carbocycles. The first-order valence-electron chi connectivity index (χ1n) is 7.07. The first-order chi connectivity index (χ1) is 9.69. The van der Waals surface area contributed by atoms with E-state index in [1.807, 2.05) is 35.9 Å². The number of amides is 1. The molecule has 4 nitrogen and oxygen atoms in total. The quantitative estimate of drug-likeness (QED) is 0.875. The molecule has 4 heteroatoms. The summed E-state index contributed by atoms with van der Waals surface area (Å²) in [5.74, 6) is 0.827. The molecule has 20 heavy (non-hydrogen) atoms. The molecule has 2 aromatic rings. The molecular formula is C16H21N3O. The Labute approximate surface area is 119 Å². The van der Waals surface area contributed by atoms with Gasteiger partial charge in [0.05, 0.1) is 12.2 Å². The van der Waals surface area contributed by atoms with Gasteiger partial charge in [-0.15, -0.1) is 0 Å². The lowest BCUT2D eigenvalue weighted by atomic mass is 10.2. The van der Waals surface area contributed by atoms with Crippen molar-refractivity contribution in [3.8, 4) is 0 Å². The van der Waals surface area contributed by atoms with Crippen molar-refractivity contribution in [2.75, 3.05) is 5.32 Å². The van der Waals surface area contributed by atoms with Crippen LogP contribution < -0.4 is 5.32 Å². The number of nitrogens with zero attached hydrogens (tertiary/aromatic N) is 2. The molecule has 106 valence electrons. The van der Waals surface area contributed by atoms with E-state index < -0.39 is 0 Å². The third-order valence-corrected chi connectivity index (χ3v) is 3.10. The van der Waals surface area contributed by atoms with Crippen LogP contribution in [0.1, 0.15) is 37.4 Å². The van der Waals surface area contributed by atoms with Crippen LogP contribution in [-0.4, -0.2) is 15.7 Å². The van der Waals surface area contributed by atoms with Crippen molar-refractivity contribution in [1.82, 2.24) is 9.78 Å². The largest absolute Gasteiger partial charge is 0.311 e. The highest BCUT2D eigenvalue weighted by Gasteiger charge is 2.09. The molecule has 0 radical (unpaired) electrons. The molecule has 0 unspecified atom stereocenters. The fraction of sp³-hybridized carbons (Fsp3) is 0.375. The van der Waals surface area contributed by atoms with Crippen molar-refractivity contribution in [3.63, 3.8) is 0 Å². The molecule has 0 spiro atoms. The summed E-state index contributed by atoms with van der Waals surface area (Å²) in [6.45, 7) is 4.68. The van der Waals surface area contributed by atoms with Gasteiger partial charge in [0.15, 0.2) is 0 Å². The minimum atomic E-state index is 0.0565. The van der Waals surface area contributed by atoms with E-state index in [2.05, 4.69) is 29.5 Å². The normalized spacial score (nSPS) is 10.5. The van der Waals surface area contributed by atoms with Gasteiger partial charge in [0.2, 0.25) is 5.91 Å². The number of unbranched alkanes of at least 4 members (excludes halogenated alkanes) is 1. The molecule has 1 N–H and O–H groups in total. The maximum Gasteiger partial charge on any atom is 0.225 e. The van der Waals surface area contributed by atoms with Crippen molar-refractivity contribution in [2.24, 2.45) is 0 Å². The minimum absolute atomic E-state index is 0.0565. The Morgan fingerprint density at radius 3 is 2.75 bits per heavy atom. The van der Waals surface area contributed by atoms with Gasteiger partial charge in [-0.1, -0.05) is 43.7 Å². The Kier molecular flexibility index (Phi) is 4.93. The number of aryl methyl sites for hydroxylation is 1. The molecule has 0 atom stereocenters. The van der Waals surface area contributed by atoms with Crippen molar-refractivity contribution in [2.45, 2.75) is 39.7 Å². The lowest BCUT2D eigenvalue weighted by Crippen LogP contribution is -2.15. The van der Waals surface area contributed by atoms with E-state index in [4.69, 9.17) is 0 Å². The summed E-state index contributed by atoms with van der Waals surface area (Å²) in [4.78, 5) is 11.8. The summed E-state index contributed by atoms with van der Waals surface area (Å²) in [5, 5.41) is 7.39. The van der Waals surface area contributed by atoms with Crippen LogP contribution in [0.5, 0.6) is 0 Å². The van der Waals surface area contributed by atoms with E-state index in [1.165, 1.54) is 5.56 Å². The van der Waals surface area contributed by atoms with Gasteiger partial charge in [0, 0.05) is 12.5 Å². The molecule has 0 fully saturated rings. The monoisotopic (exact) mass is 271 g/mol. The Hall–Kier alpha value is -2.10. The second-order valence-electron chi connectivity index (χ2n) is 4.97. The van der Waals surface area contributed by atoms with Gasteiger partial charge in [-0.2, -0.15) is 5.10 Å². The maximum absolute atomic E-state index is 11.8. The number of benzene rings is 1. The van der Waals surface area contributed by atoms with Crippen molar-refractivity contribution in [3.05, 3.63) is 47.7 Å². The average molecular weight is 271 g/mol. The van der Waals surface area contributed by atoms with Gasteiger partial charge in [-0.3, -0.25) is 4.79 Å². The van der Waals surface area contributed by atoms with Crippen LogP contribution in [0, 0.1) is 6.92 Å². The van der Waals surface area contributed by atoms with Crippen LogP contribution in [0.3, 0.4) is 0 Å². The van der Waals surface area contributed by atoms with Crippen molar-refractivity contribution >= 4 is 11.7 Å². The highest BCUT2D eigenvalue weighted by atomic mass is 16.1. The molecule has 0 aliphatic rings. The molecule has 0 saturated heterocycles. The lowest BCUT2D eigenvalue weighted by molar-refractivity contribution is -0.116. The minimum Gasteiger partial charge on any atom is -0.311 e. The van der Waals surface area contributed by atoms with E-state index in [0.29, 0.717) is 13.0 Å². The summed E-state index contributed by atoms with van der Waals surface area (Å²) < 4.78 is 1.84. The topological polar surface area (TPSA) is 46.9 Å². The van der Waals surface area contributed by atoms with Crippen molar-refractivity contribution < 1.29 is 4.79 Å². The zero-order chi connectivity index (χ0) is 14.4. The highest BCUT2D eigenvalue weighted by molar-refractivity contribution is 5.89. The smallest absolute Gasteiger partial charge is 0.225 e. The summed E-state index contributed by atoms with van der Waals surface area (Å²) in [6, 6.07) is 12.0. The summed E-state index contributed by atoms with van der Waals surface area (Å²) in [6.07, 6.45) is 2.50. The Morgan fingerprint density at radius 1 is 1.30 bits per heavy atom. The number of rotatable bonds is 6. The molecule has 1 heterocycles. The Morgan fingerprint density at radius 2 is 2.05 bits per heavy atom. The van der Waals surface area contributed by atoms with Crippen LogP contribution >= 0.6 is 0 Å². The van der Waals surface area contributed by atoms with Gasteiger partial charge >= 0.3 is 0 Å². The molecule has 1 amide bonds. The third kappa shape index (κ3) is 3.95. The fourth-order valence-corrected chi connectivity index (χ4v) is 2.07. The molecule has 0 aliphatic heterocycles. The first-order valence-corrected chi connectivity index (χ1v) is 7.07. The van der Waals surface area contributed by atoms with Crippen LogP contribution in [0.15, 0.2) is 36.4 Å². The molecule has 0 saturated carbocycles. The van der Waals surface area contributed by atoms with Gasteiger partial charge < -0.3 is 5.32 Å². The Bertz CT molecular complexity index is 560. The second kappa shape index (κ2) is 6.89. The number of nitrogens with one attached hydrogen (secondary N) is 1. The number of aromatic nitrogens is 2. The number of hydrogen-bond donors (Lipinski definition) is 1. The molecular weight excluding hydrogens is 250 g/mol. The number of hydrogen-bond acceptors (Lipinski definition) is 2. The predicted octanol–water partition coefficient (Wildman–Crippen LogP) is 3.37. The number of anilines is 1. The maximum atomic E-state index is 11.8. The summed E-state index contributed by atoms with van der Waals surface area (Å²) in [7, 11) is 0. The fourth-order valence-electron chi connectivity index (χ4n) is 2.07. The second-order valence-corrected chi connectivity index (χ2v) is 4.97. The lowest BCUT2D eigenvalue weighted by Gasteiger charge is -2.09. The number of carbonyl (C=O) groups is 1. The molecule has 2 rings (SSSR count). The van der Waals surface area contributed by atoms with E-state index in [9.17, 15) is 4.79 Å². The predicted molar refractivity (Wildman–Crippen MR) is 80.7 cm³/mol. The zero-order valence-corrected chi connectivity index (χ0v) is 12.1. The van der Waals surface area contributed by atoms with Gasteiger partial charge in [-0.25, -0.2) is 4.68 Å². The summed E-state index contributed by atoms with van der Waals surface area (Å²) in [5.41, 5.74) is 2.08. The van der Waals surface area contributed by atoms with E-state index in [1.54, 1.807) is 0 Å². The van der Waals surface area contributed by atoms with E-state index >= 15 is 0 Å². The van der Waals surface area contributed by atoms with Crippen molar-refractivity contribution in [1.29, 1.82) is 0 Å². The van der Waals surface area contributed by atoms with Crippen LogP contribution in [-0.2, 0) is 11.3 Å². The molecule has 0 bridgehead atoms. The summed E-state index contributed by atoms with van der Waals surface area (Å²) >= 11 is 0. The van der Waals surface area contributed by atoms with E-state index in [0.717, 1.165) is 24.4 Å². The van der Waals surface area contributed by atoms with Crippen LogP contribution in [0.2, 0.25) is 0 Å². The molecule has 1 aromatic heterocycles.